The van der Waals surface area contributed by atoms with E-state index in [-0.39, 0.29) is 23.5 Å². The predicted octanol–water partition coefficient (Wildman–Crippen LogP) is 2.60. The first kappa shape index (κ1) is 17.0. The molecule has 7 nitrogen and oxygen atoms in total. The molecule has 0 saturated carbocycles. The van der Waals surface area contributed by atoms with E-state index in [4.69, 9.17) is 0 Å². The summed E-state index contributed by atoms with van der Waals surface area (Å²) < 4.78 is 30.9. The second-order valence-electron chi connectivity index (χ2n) is 5.49. The maximum atomic E-state index is 11.8. The van der Waals surface area contributed by atoms with Crippen LogP contribution in [0.1, 0.15) is 24.9 Å². The lowest BCUT2D eigenvalue weighted by Gasteiger charge is -2.19. The molecule has 0 bridgehead atoms. The molecule has 2 aromatic rings. The van der Waals surface area contributed by atoms with Gasteiger partial charge in [0.2, 0.25) is 0 Å². The number of phenols is 1. The highest BCUT2D eigenvalue weighted by atomic mass is 32.2. The van der Waals surface area contributed by atoms with Crippen molar-refractivity contribution >= 4 is 27.6 Å². The number of anilines is 1. The van der Waals surface area contributed by atoms with Crippen LogP contribution in [0.3, 0.4) is 0 Å². The van der Waals surface area contributed by atoms with Crippen molar-refractivity contribution < 1.29 is 13.5 Å². The van der Waals surface area contributed by atoms with Crippen LogP contribution in [0.2, 0.25) is 0 Å². The molecule has 0 amide bonds. The van der Waals surface area contributed by atoms with Crippen LogP contribution in [0.25, 0.3) is 0 Å². The Bertz CT molecular complexity index is 924. The van der Waals surface area contributed by atoms with Gasteiger partial charge in [-0.2, -0.15) is 8.42 Å². The topological polar surface area (TPSA) is 103 Å². The molecule has 3 rings (SSSR count). The lowest BCUT2D eigenvalue weighted by atomic mass is 10.0. The average molecular weight is 358 g/mol. The summed E-state index contributed by atoms with van der Waals surface area (Å²) in [6, 6.07) is 16.1. The van der Waals surface area contributed by atoms with Crippen LogP contribution in [-0.4, -0.2) is 25.2 Å². The van der Waals surface area contributed by atoms with Crippen LogP contribution in [0.15, 0.2) is 63.4 Å². The number of para-hydroxylation sites is 2. The molecule has 0 fully saturated rings. The lowest BCUT2D eigenvalue weighted by molar-refractivity contribution is 0.478. The van der Waals surface area contributed by atoms with E-state index in [1.165, 1.54) is 6.07 Å². The molecular weight excluding hydrogens is 340 g/mol. The van der Waals surface area contributed by atoms with E-state index in [1.54, 1.807) is 18.2 Å². The molecular formula is C17H18N4O3S. The summed E-state index contributed by atoms with van der Waals surface area (Å²) in [6.45, 7) is 1.99. The highest BCUT2D eigenvalue weighted by Gasteiger charge is 2.27. The first-order valence-corrected chi connectivity index (χ1v) is 9.20. The molecule has 130 valence electrons. The van der Waals surface area contributed by atoms with Gasteiger partial charge < -0.3 is 15.7 Å². The number of hydrogen-bond acceptors (Lipinski definition) is 5. The van der Waals surface area contributed by atoms with E-state index in [9.17, 15) is 13.5 Å². The van der Waals surface area contributed by atoms with Crippen molar-refractivity contribution in [2.75, 3.05) is 5.32 Å². The maximum Gasteiger partial charge on any atom is 0.367 e. The number of phenolic OH excluding ortho intramolecular Hbond substituents is 1. The number of rotatable bonds is 4. The Morgan fingerprint density at radius 1 is 1.00 bits per heavy atom. The molecule has 0 saturated heterocycles. The van der Waals surface area contributed by atoms with Crippen LogP contribution in [-0.2, 0) is 10.2 Å². The van der Waals surface area contributed by atoms with Gasteiger partial charge in [-0.25, -0.2) is 0 Å². The molecule has 1 aliphatic rings. The molecule has 0 radical (unpaired) electrons. The van der Waals surface area contributed by atoms with Gasteiger partial charge in [0, 0.05) is 0 Å². The molecule has 2 aromatic carbocycles. The molecule has 1 heterocycles. The van der Waals surface area contributed by atoms with E-state index < -0.39 is 10.2 Å². The number of nitrogens with one attached hydrogen (secondary N) is 2. The fourth-order valence-electron chi connectivity index (χ4n) is 2.49. The zero-order valence-electron chi connectivity index (χ0n) is 13.5. The second-order valence-corrected chi connectivity index (χ2v) is 6.75. The fourth-order valence-corrected chi connectivity index (χ4v) is 3.27. The van der Waals surface area contributed by atoms with E-state index in [2.05, 4.69) is 19.4 Å². The van der Waals surface area contributed by atoms with E-state index in [0.717, 1.165) is 12.0 Å². The third-order valence-electron chi connectivity index (χ3n) is 3.72. The summed E-state index contributed by atoms with van der Waals surface area (Å²) in [5.74, 6) is 0.166. The van der Waals surface area contributed by atoms with Gasteiger partial charge in [-0.3, -0.25) is 0 Å². The minimum atomic E-state index is -3.94. The molecule has 0 aliphatic carbocycles. The monoisotopic (exact) mass is 358 g/mol. The van der Waals surface area contributed by atoms with Gasteiger partial charge in [0.25, 0.3) is 0 Å². The van der Waals surface area contributed by atoms with Gasteiger partial charge in [-0.15, -0.1) is 8.80 Å². The summed E-state index contributed by atoms with van der Waals surface area (Å²) in [5.41, 5.74) is 1.36. The van der Waals surface area contributed by atoms with Gasteiger partial charge in [-0.1, -0.05) is 49.4 Å². The summed E-state index contributed by atoms with van der Waals surface area (Å²) >= 11 is 0. The van der Waals surface area contributed by atoms with Gasteiger partial charge in [0.05, 0.1) is 11.7 Å². The van der Waals surface area contributed by atoms with Crippen molar-refractivity contribution in [2.45, 2.75) is 19.4 Å². The SMILES string of the molecule is CCC(NC1=NS(=O)(=O)N=C1Nc1ccccc1O)c1ccccc1. The zero-order chi connectivity index (χ0) is 17.9. The highest BCUT2D eigenvalue weighted by molar-refractivity contribution is 7.89. The zero-order valence-corrected chi connectivity index (χ0v) is 14.4. The van der Waals surface area contributed by atoms with Gasteiger partial charge in [-0.05, 0) is 24.1 Å². The van der Waals surface area contributed by atoms with E-state index in [0.29, 0.717) is 5.69 Å². The molecule has 0 spiro atoms. The quantitative estimate of drug-likeness (QED) is 0.729. The van der Waals surface area contributed by atoms with Crippen LogP contribution in [0.5, 0.6) is 5.75 Å². The van der Waals surface area contributed by atoms with Crippen LogP contribution >= 0.6 is 0 Å². The Labute approximate surface area is 146 Å². The van der Waals surface area contributed by atoms with Crippen LogP contribution < -0.4 is 10.6 Å². The molecule has 8 heteroatoms. The Kier molecular flexibility index (Phi) is 4.71. The van der Waals surface area contributed by atoms with Gasteiger partial charge >= 0.3 is 10.2 Å². The Balaban J connectivity index is 1.86. The van der Waals surface area contributed by atoms with Crippen molar-refractivity contribution in [3.05, 3.63) is 60.2 Å². The second kappa shape index (κ2) is 6.94. The molecule has 0 aromatic heterocycles. The largest absolute Gasteiger partial charge is 0.506 e. The van der Waals surface area contributed by atoms with Crippen molar-refractivity contribution in [1.82, 2.24) is 5.32 Å². The van der Waals surface area contributed by atoms with E-state index in [1.807, 2.05) is 37.3 Å². The minimum absolute atomic E-state index is 0.0102. The molecule has 1 aliphatic heterocycles. The number of hydrogen-bond donors (Lipinski definition) is 3. The fraction of sp³-hybridized carbons (Fsp3) is 0.176. The smallest absolute Gasteiger partial charge is 0.367 e. The predicted molar refractivity (Wildman–Crippen MR) is 98.1 cm³/mol. The summed E-state index contributed by atoms with van der Waals surface area (Å²) in [4.78, 5) is 0. The van der Waals surface area contributed by atoms with Crippen molar-refractivity contribution in [3.8, 4) is 5.75 Å². The first-order valence-electron chi connectivity index (χ1n) is 7.80. The first-order chi connectivity index (χ1) is 12.0. The number of nitrogens with zero attached hydrogens (tertiary/aromatic N) is 2. The maximum absolute atomic E-state index is 11.8. The summed E-state index contributed by atoms with van der Waals surface area (Å²) in [5, 5.41) is 15.8. The Morgan fingerprint density at radius 2 is 1.64 bits per heavy atom. The van der Waals surface area contributed by atoms with Crippen molar-refractivity contribution in [2.24, 2.45) is 8.80 Å². The average Bonchev–Trinajstić information content (AvgIpc) is 2.89. The molecule has 1 unspecified atom stereocenters. The van der Waals surface area contributed by atoms with Crippen molar-refractivity contribution in [1.29, 1.82) is 0 Å². The summed E-state index contributed by atoms with van der Waals surface area (Å²) in [6.07, 6.45) is 0.729. The molecule has 25 heavy (non-hydrogen) atoms. The number of amidine groups is 2. The normalized spacial score (nSPS) is 16.7. The molecule has 3 N–H and O–H groups in total. The molecule has 1 atom stereocenters. The highest BCUT2D eigenvalue weighted by Crippen LogP contribution is 2.23. The standard InChI is InChI=1S/C17H18N4O3S/c1-2-13(12-8-4-3-5-9-12)18-16-17(21-25(23,24)20-16)19-14-10-6-7-11-15(14)22/h3-11,13,22H,2H2,1H3,(H,18,20)(H,19,21). The van der Waals surface area contributed by atoms with Crippen molar-refractivity contribution in [3.63, 3.8) is 0 Å². The Morgan fingerprint density at radius 3 is 2.32 bits per heavy atom. The van der Waals surface area contributed by atoms with Crippen LogP contribution in [0.4, 0.5) is 5.69 Å². The van der Waals surface area contributed by atoms with Gasteiger partial charge in [0.15, 0.2) is 11.7 Å². The Hall–Kier alpha value is -2.87. The third-order valence-corrected chi connectivity index (χ3v) is 4.54. The lowest BCUT2D eigenvalue weighted by Crippen LogP contribution is -2.36. The number of aromatic hydroxyl groups is 1. The minimum Gasteiger partial charge on any atom is -0.506 e. The summed E-state index contributed by atoms with van der Waals surface area (Å²) in [7, 11) is -3.94. The van der Waals surface area contributed by atoms with Crippen LogP contribution in [0, 0.1) is 0 Å². The van der Waals surface area contributed by atoms with Gasteiger partial charge in [0.1, 0.15) is 5.75 Å². The third kappa shape index (κ3) is 3.97. The van der Waals surface area contributed by atoms with E-state index >= 15 is 0 Å². The number of benzene rings is 2.